The second-order valence-electron chi connectivity index (χ2n) is 4.35. The van der Waals surface area contributed by atoms with Crippen molar-refractivity contribution in [2.45, 2.75) is 26.2 Å². The summed E-state index contributed by atoms with van der Waals surface area (Å²) in [6.45, 7) is 5.65. The lowest BCUT2D eigenvalue weighted by Crippen LogP contribution is -2.49. The lowest BCUT2D eigenvalue weighted by atomic mass is 10.0. The Morgan fingerprint density at radius 1 is 1.54 bits per heavy atom. The van der Waals surface area contributed by atoms with Crippen LogP contribution < -0.4 is 5.32 Å². The van der Waals surface area contributed by atoms with E-state index in [0.717, 1.165) is 19.6 Å². The number of amides is 1. The molecule has 3 nitrogen and oxygen atoms in total. The lowest BCUT2D eigenvalue weighted by Gasteiger charge is -2.30. The predicted octanol–water partition coefficient (Wildman–Crippen LogP) is 0.608. The van der Waals surface area contributed by atoms with Gasteiger partial charge in [-0.25, -0.2) is 0 Å². The number of carbonyl (C=O) groups is 1. The second-order valence-corrected chi connectivity index (χ2v) is 4.35. The van der Waals surface area contributed by atoms with Gasteiger partial charge >= 0.3 is 0 Å². The molecule has 0 spiro atoms. The maximum atomic E-state index is 11.5. The number of carbonyl (C=O) groups excluding carboxylic acids is 1. The third-order valence-electron chi connectivity index (χ3n) is 3.42. The summed E-state index contributed by atoms with van der Waals surface area (Å²) in [7, 11) is 0. The van der Waals surface area contributed by atoms with Crippen LogP contribution in [-0.2, 0) is 4.79 Å². The highest BCUT2D eigenvalue weighted by Crippen LogP contribution is 2.49. The van der Waals surface area contributed by atoms with Gasteiger partial charge in [-0.05, 0) is 24.7 Å². The maximum absolute atomic E-state index is 11.5. The molecule has 0 radical (unpaired) electrons. The Hall–Kier alpha value is -0.570. The van der Waals surface area contributed by atoms with Crippen LogP contribution in [0.25, 0.3) is 0 Å². The van der Waals surface area contributed by atoms with Crippen LogP contribution in [0, 0.1) is 5.41 Å². The quantitative estimate of drug-likeness (QED) is 0.693. The minimum absolute atomic E-state index is 0.283. The van der Waals surface area contributed by atoms with Gasteiger partial charge in [-0.3, -0.25) is 4.79 Å². The molecular formula is C10H18N2O. The SMILES string of the molecule is CCC1(CN2CCNCC2=O)CC1. The lowest BCUT2D eigenvalue weighted by molar-refractivity contribution is -0.132. The molecule has 1 aliphatic heterocycles. The molecule has 1 heterocycles. The van der Waals surface area contributed by atoms with Gasteiger partial charge in [-0.1, -0.05) is 6.92 Å². The van der Waals surface area contributed by atoms with Gasteiger partial charge in [0.1, 0.15) is 0 Å². The van der Waals surface area contributed by atoms with Crippen LogP contribution in [0.2, 0.25) is 0 Å². The highest BCUT2D eigenvalue weighted by Gasteiger charge is 2.42. The Bertz CT molecular complexity index is 211. The fraction of sp³-hybridized carbons (Fsp3) is 0.900. The number of rotatable bonds is 3. The summed E-state index contributed by atoms with van der Waals surface area (Å²) in [5.41, 5.74) is 0.507. The molecule has 2 fully saturated rings. The van der Waals surface area contributed by atoms with Gasteiger partial charge in [0.15, 0.2) is 0 Å². The smallest absolute Gasteiger partial charge is 0.236 e. The normalized spacial score (nSPS) is 26.2. The fourth-order valence-electron chi connectivity index (χ4n) is 2.02. The molecule has 74 valence electrons. The first-order chi connectivity index (χ1) is 6.26. The van der Waals surface area contributed by atoms with Gasteiger partial charge in [0.25, 0.3) is 0 Å². The Labute approximate surface area is 79.5 Å². The van der Waals surface area contributed by atoms with Crippen LogP contribution in [-0.4, -0.2) is 37.0 Å². The van der Waals surface area contributed by atoms with E-state index in [4.69, 9.17) is 0 Å². The van der Waals surface area contributed by atoms with Crippen molar-refractivity contribution in [3.63, 3.8) is 0 Å². The zero-order valence-electron chi connectivity index (χ0n) is 8.31. The predicted molar refractivity (Wildman–Crippen MR) is 51.4 cm³/mol. The van der Waals surface area contributed by atoms with Gasteiger partial charge in [0.05, 0.1) is 6.54 Å². The van der Waals surface area contributed by atoms with Crippen molar-refractivity contribution < 1.29 is 4.79 Å². The van der Waals surface area contributed by atoms with Gasteiger partial charge in [0, 0.05) is 19.6 Å². The number of nitrogens with one attached hydrogen (secondary N) is 1. The van der Waals surface area contributed by atoms with Crippen molar-refractivity contribution in [3.05, 3.63) is 0 Å². The zero-order chi connectivity index (χ0) is 9.31. The standard InChI is InChI=1S/C10H18N2O/c1-2-10(3-4-10)8-12-6-5-11-7-9(12)13/h11H,2-8H2,1H3. The van der Waals surface area contributed by atoms with Crippen molar-refractivity contribution >= 4 is 5.91 Å². The first kappa shape index (κ1) is 9.00. The molecule has 0 unspecified atom stereocenters. The van der Waals surface area contributed by atoms with Crippen LogP contribution in [0.3, 0.4) is 0 Å². The fourth-order valence-corrected chi connectivity index (χ4v) is 2.02. The van der Waals surface area contributed by atoms with E-state index in [1.54, 1.807) is 0 Å². The van der Waals surface area contributed by atoms with Gasteiger partial charge in [-0.15, -0.1) is 0 Å². The summed E-state index contributed by atoms with van der Waals surface area (Å²) in [5.74, 6) is 0.283. The van der Waals surface area contributed by atoms with E-state index in [1.165, 1.54) is 19.3 Å². The summed E-state index contributed by atoms with van der Waals surface area (Å²) < 4.78 is 0. The zero-order valence-corrected chi connectivity index (χ0v) is 8.31. The summed E-state index contributed by atoms with van der Waals surface area (Å²) in [6, 6.07) is 0. The van der Waals surface area contributed by atoms with E-state index in [2.05, 4.69) is 12.2 Å². The number of piperazine rings is 1. The minimum Gasteiger partial charge on any atom is -0.340 e. The van der Waals surface area contributed by atoms with E-state index in [1.807, 2.05) is 4.90 Å². The summed E-state index contributed by atoms with van der Waals surface area (Å²) >= 11 is 0. The Balaban J connectivity index is 1.89. The molecule has 3 heteroatoms. The highest BCUT2D eigenvalue weighted by atomic mass is 16.2. The summed E-state index contributed by atoms with van der Waals surface area (Å²) in [6.07, 6.45) is 3.87. The molecule has 1 saturated heterocycles. The van der Waals surface area contributed by atoms with Gasteiger partial charge in [0.2, 0.25) is 5.91 Å². The van der Waals surface area contributed by atoms with Crippen molar-refractivity contribution in [2.75, 3.05) is 26.2 Å². The van der Waals surface area contributed by atoms with E-state index in [-0.39, 0.29) is 5.91 Å². The molecule has 0 aromatic carbocycles. The molecular weight excluding hydrogens is 164 g/mol. The van der Waals surface area contributed by atoms with E-state index >= 15 is 0 Å². The molecule has 1 saturated carbocycles. The van der Waals surface area contributed by atoms with Crippen LogP contribution in [0.4, 0.5) is 0 Å². The first-order valence-electron chi connectivity index (χ1n) is 5.24. The number of hydrogen-bond acceptors (Lipinski definition) is 2. The summed E-state index contributed by atoms with van der Waals surface area (Å²) in [5, 5.41) is 3.10. The van der Waals surface area contributed by atoms with E-state index < -0.39 is 0 Å². The van der Waals surface area contributed by atoms with Crippen LogP contribution in [0.5, 0.6) is 0 Å². The molecule has 2 aliphatic rings. The minimum atomic E-state index is 0.283. The number of hydrogen-bond donors (Lipinski definition) is 1. The molecule has 0 aromatic heterocycles. The van der Waals surface area contributed by atoms with Crippen molar-refractivity contribution in [1.29, 1.82) is 0 Å². The molecule has 1 aliphatic carbocycles. The van der Waals surface area contributed by atoms with Gasteiger partial charge in [-0.2, -0.15) is 0 Å². The second kappa shape index (κ2) is 3.29. The van der Waals surface area contributed by atoms with E-state index in [9.17, 15) is 4.79 Å². The van der Waals surface area contributed by atoms with E-state index in [0.29, 0.717) is 12.0 Å². The van der Waals surface area contributed by atoms with Crippen molar-refractivity contribution in [2.24, 2.45) is 5.41 Å². The Morgan fingerprint density at radius 2 is 2.31 bits per heavy atom. The Kier molecular flexibility index (Phi) is 2.28. The monoisotopic (exact) mass is 182 g/mol. The third kappa shape index (κ3) is 1.85. The first-order valence-corrected chi connectivity index (χ1v) is 5.24. The van der Waals surface area contributed by atoms with Crippen molar-refractivity contribution in [1.82, 2.24) is 10.2 Å². The molecule has 13 heavy (non-hydrogen) atoms. The summed E-state index contributed by atoms with van der Waals surface area (Å²) in [4.78, 5) is 13.5. The molecule has 0 aromatic rings. The van der Waals surface area contributed by atoms with Crippen LogP contribution in [0.1, 0.15) is 26.2 Å². The average Bonchev–Trinajstić information content (AvgIpc) is 2.90. The van der Waals surface area contributed by atoms with Crippen LogP contribution in [0.15, 0.2) is 0 Å². The molecule has 0 atom stereocenters. The molecule has 1 amide bonds. The average molecular weight is 182 g/mol. The molecule has 2 rings (SSSR count). The van der Waals surface area contributed by atoms with Crippen molar-refractivity contribution in [3.8, 4) is 0 Å². The van der Waals surface area contributed by atoms with Crippen LogP contribution >= 0.6 is 0 Å². The Morgan fingerprint density at radius 3 is 2.85 bits per heavy atom. The molecule has 0 bridgehead atoms. The topological polar surface area (TPSA) is 32.3 Å². The highest BCUT2D eigenvalue weighted by molar-refractivity contribution is 5.79. The largest absolute Gasteiger partial charge is 0.340 e. The molecule has 1 N–H and O–H groups in total. The van der Waals surface area contributed by atoms with Gasteiger partial charge < -0.3 is 10.2 Å². The third-order valence-corrected chi connectivity index (χ3v) is 3.42. The maximum Gasteiger partial charge on any atom is 0.236 e. The number of nitrogens with zero attached hydrogens (tertiary/aromatic N) is 1.